The molecule has 0 saturated carbocycles. The minimum absolute atomic E-state index is 0.134. The van der Waals surface area contributed by atoms with Crippen molar-refractivity contribution >= 4 is 17.7 Å². The Kier molecular flexibility index (Phi) is 8.60. The number of piperidine rings is 1. The van der Waals surface area contributed by atoms with E-state index in [1.807, 2.05) is 26.0 Å². The zero-order chi connectivity index (χ0) is 29.1. The summed E-state index contributed by atoms with van der Waals surface area (Å²) >= 11 is 0. The van der Waals surface area contributed by atoms with E-state index in [1.165, 1.54) is 11.0 Å². The number of hydrogen-bond donors (Lipinski definition) is 1. The van der Waals surface area contributed by atoms with Crippen LogP contribution in [0.4, 0.5) is 19.3 Å². The molecule has 3 atom stereocenters. The van der Waals surface area contributed by atoms with E-state index < -0.39 is 35.2 Å². The molecule has 2 heterocycles. The third-order valence-corrected chi connectivity index (χ3v) is 8.09. The fourth-order valence-corrected chi connectivity index (χ4v) is 6.02. The lowest BCUT2D eigenvalue weighted by atomic mass is 9.82. The predicted molar refractivity (Wildman–Crippen MR) is 149 cm³/mol. The monoisotopic (exact) mass is 570 g/mol. The first kappa shape index (κ1) is 29.0. The molecule has 5 rings (SSSR count). The number of allylic oxidation sites excluding steroid dienone is 3. The average molecular weight is 571 g/mol. The van der Waals surface area contributed by atoms with E-state index in [0.29, 0.717) is 52.1 Å². The van der Waals surface area contributed by atoms with Crippen LogP contribution in [0.25, 0.3) is 0 Å². The standard InChI is InChI=1S/C31H36F2N2O6/c1-3-39-26-15-20(16-27(40-4-2)28(26)21-5-7-22(32)8-6-21)18-34-13-11-31(12-14-34)19-35(30(38)41-31)23-9-10-24(29(36)37)25(33)17-23/h5-7,9-10,15-17,22,26,28H,3-4,8,11-14,18-19H2,1-2H3,(H,36,37). The van der Waals surface area contributed by atoms with E-state index in [0.717, 1.165) is 29.0 Å². The second kappa shape index (κ2) is 12.2. The van der Waals surface area contributed by atoms with Crippen molar-refractivity contribution in [2.45, 2.75) is 51.0 Å². The first-order valence-electron chi connectivity index (χ1n) is 14.2. The van der Waals surface area contributed by atoms with Crippen molar-refractivity contribution in [3.8, 4) is 0 Å². The van der Waals surface area contributed by atoms with Crippen LogP contribution in [0, 0.1) is 11.7 Å². The lowest BCUT2D eigenvalue weighted by molar-refractivity contribution is 0.00271. The molecule has 3 unspecified atom stereocenters. The highest BCUT2D eigenvalue weighted by atomic mass is 19.1. The Morgan fingerprint density at radius 3 is 2.63 bits per heavy atom. The van der Waals surface area contributed by atoms with Crippen LogP contribution < -0.4 is 4.90 Å². The first-order valence-corrected chi connectivity index (χ1v) is 14.2. The molecule has 1 aromatic carbocycles. The quantitative estimate of drug-likeness (QED) is 0.424. The highest BCUT2D eigenvalue weighted by Gasteiger charge is 2.47. The van der Waals surface area contributed by atoms with Crippen molar-refractivity contribution in [1.29, 1.82) is 0 Å². The molecule has 1 N–H and O–H groups in total. The van der Waals surface area contributed by atoms with Crippen LogP contribution >= 0.6 is 0 Å². The Morgan fingerprint density at radius 2 is 2.00 bits per heavy atom. The Hall–Kier alpha value is -3.50. The van der Waals surface area contributed by atoms with Crippen LogP contribution in [0.1, 0.15) is 43.5 Å². The molecule has 2 fully saturated rings. The molecule has 10 heteroatoms. The van der Waals surface area contributed by atoms with Gasteiger partial charge in [-0.25, -0.2) is 18.4 Å². The third kappa shape index (κ3) is 6.23. The van der Waals surface area contributed by atoms with Crippen LogP contribution in [0.5, 0.6) is 0 Å². The van der Waals surface area contributed by atoms with E-state index in [-0.39, 0.29) is 24.3 Å². The maximum atomic E-state index is 14.3. The van der Waals surface area contributed by atoms with Crippen molar-refractivity contribution in [2.24, 2.45) is 5.92 Å². The summed E-state index contributed by atoms with van der Waals surface area (Å²) in [5.74, 6) is -1.58. The minimum Gasteiger partial charge on any atom is -0.497 e. The highest BCUT2D eigenvalue weighted by Crippen LogP contribution is 2.38. The number of amides is 1. The fourth-order valence-electron chi connectivity index (χ4n) is 6.02. The molecular formula is C31H36F2N2O6. The van der Waals surface area contributed by atoms with Crippen molar-refractivity contribution in [2.75, 3.05) is 44.3 Å². The summed E-state index contributed by atoms with van der Waals surface area (Å²) < 4.78 is 46.0. The van der Waals surface area contributed by atoms with E-state index in [9.17, 15) is 18.4 Å². The number of alkyl halides is 1. The molecule has 4 aliphatic rings. The Morgan fingerprint density at radius 1 is 1.22 bits per heavy atom. The van der Waals surface area contributed by atoms with Gasteiger partial charge in [-0.1, -0.05) is 24.3 Å². The van der Waals surface area contributed by atoms with Gasteiger partial charge in [-0.2, -0.15) is 0 Å². The van der Waals surface area contributed by atoms with Gasteiger partial charge in [-0.15, -0.1) is 0 Å². The average Bonchev–Trinajstić information content (AvgIpc) is 3.26. The number of carbonyl (C=O) groups excluding carboxylic acids is 1. The summed E-state index contributed by atoms with van der Waals surface area (Å²) in [5.41, 5.74) is 1.22. The number of benzene rings is 1. The maximum absolute atomic E-state index is 14.3. The Labute approximate surface area is 238 Å². The van der Waals surface area contributed by atoms with Gasteiger partial charge in [0, 0.05) is 45.5 Å². The molecule has 2 aliphatic heterocycles. The van der Waals surface area contributed by atoms with Gasteiger partial charge in [-0.3, -0.25) is 9.80 Å². The predicted octanol–water partition coefficient (Wildman–Crippen LogP) is 5.42. The summed E-state index contributed by atoms with van der Waals surface area (Å²) in [4.78, 5) is 27.5. The third-order valence-electron chi connectivity index (χ3n) is 8.09. The number of nitrogens with zero attached hydrogens (tertiary/aromatic N) is 2. The van der Waals surface area contributed by atoms with Crippen molar-refractivity contribution in [3.63, 3.8) is 0 Å². The van der Waals surface area contributed by atoms with E-state index in [4.69, 9.17) is 19.3 Å². The largest absolute Gasteiger partial charge is 0.497 e. The van der Waals surface area contributed by atoms with Gasteiger partial charge in [0.2, 0.25) is 0 Å². The number of anilines is 1. The molecule has 0 bridgehead atoms. The van der Waals surface area contributed by atoms with Crippen LogP contribution in [0.3, 0.4) is 0 Å². The number of rotatable bonds is 9. The summed E-state index contributed by atoms with van der Waals surface area (Å²) in [6, 6.07) is 3.65. The van der Waals surface area contributed by atoms with E-state index >= 15 is 0 Å². The van der Waals surface area contributed by atoms with Gasteiger partial charge in [0.15, 0.2) is 0 Å². The zero-order valence-corrected chi connectivity index (χ0v) is 23.4. The number of carboxylic acid groups (broad SMARTS) is 1. The molecule has 2 saturated heterocycles. The van der Waals surface area contributed by atoms with Crippen molar-refractivity contribution in [3.05, 3.63) is 76.9 Å². The SMILES string of the molecule is CCOC1=CC(CN2CCC3(CC2)CN(c2ccc(C(=O)O)c(F)c2)C(=O)O3)=CC(OCC)C1C1=CCC(F)C=C1. The van der Waals surface area contributed by atoms with Crippen molar-refractivity contribution < 1.29 is 37.7 Å². The molecule has 1 aromatic rings. The first-order chi connectivity index (χ1) is 19.7. The Bertz CT molecular complexity index is 1300. The van der Waals surface area contributed by atoms with Gasteiger partial charge in [0.05, 0.1) is 36.4 Å². The molecule has 220 valence electrons. The van der Waals surface area contributed by atoms with Crippen LogP contribution in [0.2, 0.25) is 0 Å². The number of carboxylic acids is 1. The highest BCUT2D eigenvalue weighted by molar-refractivity contribution is 5.92. The number of halogens is 2. The summed E-state index contributed by atoms with van der Waals surface area (Å²) in [6.07, 6.45) is 9.35. The number of carbonyl (C=O) groups is 2. The molecule has 2 aliphatic carbocycles. The van der Waals surface area contributed by atoms with Crippen LogP contribution in [0.15, 0.2) is 65.5 Å². The lowest BCUT2D eigenvalue weighted by Crippen LogP contribution is -2.47. The van der Waals surface area contributed by atoms with Crippen LogP contribution in [-0.4, -0.2) is 79.3 Å². The second-order valence-electron chi connectivity index (χ2n) is 10.8. The Balaban J connectivity index is 1.25. The molecule has 1 amide bonds. The molecule has 41 heavy (non-hydrogen) atoms. The fraction of sp³-hybridized carbons (Fsp3) is 0.484. The smallest absolute Gasteiger partial charge is 0.415 e. The van der Waals surface area contributed by atoms with Gasteiger partial charge < -0.3 is 19.3 Å². The molecule has 0 aromatic heterocycles. The lowest BCUT2D eigenvalue weighted by Gasteiger charge is -2.38. The minimum atomic E-state index is -1.36. The summed E-state index contributed by atoms with van der Waals surface area (Å²) in [5, 5.41) is 9.09. The zero-order valence-electron chi connectivity index (χ0n) is 23.4. The summed E-state index contributed by atoms with van der Waals surface area (Å²) in [6.45, 7) is 7.27. The van der Waals surface area contributed by atoms with Crippen LogP contribution in [-0.2, 0) is 14.2 Å². The van der Waals surface area contributed by atoms with Gasteiger partial charge in [0.25, 0.3) is 0 Å². The summed E-state index contributed by atoms with van der Waals surface area (Å²) in [7, 11) is 0. The number of ether oxygens (including phenoxy) is 3. The normalized spacial score (nSPS) is 26.0. The second-order valence-corrected chi connectivity index (χ2v) is 10.8. The number of likely N-dealkylation sites (tertiary alicyclic amines) is 1. The van der Waals surface area contributed by atoms with Gasteiger partial charge in [0.1, 0.15) is 23.3 Å². The molecule has 8 nitrogen and oxygen atoms in total. The van der Waals surface area contributed by atoms with E-state index in [1.54, 1.807) is 6.08 Å². The number of hydrogen-bond acceptors (Lipinski definition) is 6. The van der Waals surface area contributed by atoms with Crippen molar-refractivity contribution in [1.82, 2.24) is 4.90 Å². The maximum Gasteiger partial charge on any atom is 0.415 e. The van der Waals surface area contributed by atoms with Gasteiger partial charge in [-0.05, 0) is 49.3 Å². The van der Waals surface area contributed by atoms with E-state index in [2.05, 4.69) is 17.1 Å². The topological polar surface area (TPSA) is 88.5 Å². The molecular weight excluding hydrogens is 534 g/mol. The molecule has 1 spiro atoms. The molecule has 0 radical (unpaired) electrons. The number of aromatic carboxylic acids is 1. The van der Waals surface area contributed by atoms with Gasteiger partial charge >= 0.3 is 12.1 Å².